The highest BCUT2D eigenvalue weighted by Gasteiger charge is 2.42. The van der Waals surface area contributed by atoms with Gasteiger partial charge in [0.25, 0.3) is 11.8 Å². The molecule has 0 N–H and O–H groups in total. The van der Waals surface area contributed by atoms with Crippen LogP contribution in [0.15, 0.2) is 24.3 Å². The van der Waals surface area contributed by atoms with Gasteiger partial charge in [-0.2, -0.15) is 0 Å². The Morgan fingerprint density at radius 3 is 2.25 bits per heavy atom. The van der Waals surface area contributed by atoms with Crippen molar-refractivity contribution in [3.8, 4) is 0 Å². The Balaban J connectivity index is 1.77. The molecule has 5 heteroatoms. The van der Waals surface area contributed by atoms with E-state index >= 15 is 0 Å². The molecule has 5 nitrogen and oxygen atoms in total. The van der Waals surface area contributed by atoms with Gasteiger partial charge in [-0.25, -0.2) is 4.79 Å². The number of fused-ring (bicyclic) bond motifs is 1. The monoisotopic (exact) mass is 329 g/mol. The first kappa shape index (κ1) is 16.7. The summed E-state index contributed by atoms with van der Waals surface area (Å²) in [6.45, 7) is 6.32. The molecule has 3 unspecified atom stereocenters. The fourth-order valence-electron chi connectivity index (χ4n) is 3.88. The van der Waals surface area contributed by atoms with E-state index in [-0.39, 0.29) is 23.0 Å². The SMILES string of the molecule is CC1CCC(C(C)C)C(C(=O)ON2C(=O)c3ccccc3C2=O)C1. The zero-order valence-electron chi connectivity index (χ0n) is 14.3. The van der Waals surface area contributed by atoms with Crippen molar-refractivity contribution in [3.63, 3.8) is 0 Å². The molecule has 1 aliphatic carbocycles. The lowest BCUT2D eigenvalue weighted by atomic mass is 9.70. The minimum atomic E-state index is -0.561. The summed E-state index contributed by atoms with van der Waals surface area (Å²) >= 11 is 0. The van der Waals surface area contributed by atoms with Crippen LogP contribution in [-0.2, 0) is 9.63 Å². The van der Waals surface area contributed by atoms with Gasteiger partial charge >= 0.3 is 5.97 Å². The zero-order valence-corrected chi connectivity index (χ0v) is 14.3. The second-order valence-corrected chi connectivity index (χ2v) is 7.29. The highest BCUT2D eigenvalue weighted by Crippen LogP contribution is 2.39. The van der Waals surface area contributed by atoms with Crippen LogP contribution in [0.1, 0.15) is 60.7 Å². The molecule has 1 saturated carbocycles. The van der Waals surface area contributed by atoms with Gasteiger partial charge in [-0.3, -0.25) is 9.59 Å². The molecule has 1 fully saturated rings. The number of carbonyl (C=O) groups excluding carboxylic acids is 3. The summed E-state index contributed by atoms with van der Waals surface area (Å²) in [6.07, 6.45) is 2.81. The molecule has 0 saturated heterocycles. The van der Waals surface area contributed by atoms with Gasteiger partial charge in [0.2, 0.25) is 0 Å². The van der Waals surface area contributed by atoms with Crippen molar-refractivity contribution in [2.75, 3.05) is 0 Å². The van der Waals surface area contributed by atoms with Crippen LogP contribution < -0.4 is 0 Å². The normalized spacial score (nSPS) is 26.7. The van der Waals surface area contributed by atoms with Gasteiger partial charge < -0.3 is 4.84 Å². The average molecular weight is 329 g/mol. The Morgan fingerprint density at radius 2 is 1.71 bits per heavy atom. The van der Waals surface area contributed by atoms with Crippen molar-refractivity contribution < 1.29 is 19.2 Å². The Labute approximate surface area is 141 Å². The number of nitrogens with zero attached hydrogens (tertiary/aromatic N) is 1. The molecule has 0 bridgehead atoms. The maximum absolute atomic E-state index is 12.7. The van der Waals surface area contributed by atoms with E-state index in [9.17, 15) is 14.4 Å². The summed E-state index contributed by atoms with van der Waals surface area (Å²) in [7, 11) is 0. The third kappa shape index (κ3) is 2.83. The van der Waals surface area contributed by atoms with E-state index in [0.29, 0.717) is 16.9 Å². The molecule has 0 spiro atoms. The lowest BCUT2D eigenvalue weighted by Crippen LogP contribution is -2.40. The predicted molar refractivity (Wildman–Crippen MR) is 87.9 cm³/mol. The van der Waals surface area contributed by atoms with E-state index in [2.05, 4.69) is 20.8 Å². The number of amides is 2. The van der Waals surface area contributed by atoms with Gasteiger partial charge in [0, 0.05) is 0 Å². The molecule has 24 heavy (non-hydrogen) atoms. The fraction of sp³-hybridized carbons (Fsp3) is 0.526. The van der Waals surface area contributed by atoms with Gasteiger partial charge in [-0.05, 0) is 42.7 Å². The Kier molecular flexibility index (Phi) is 4.43. The molecule has 1 heterocycles. The molecule has 3 rings (SSSR count). The van der Waals surface area contributed by atoms with Crippen LogP contribution in [-0.4, -0.2) is 22.8 Å². The third-order valence-electron chi connectivity index (χ3n) is 5.26. The molecule has 2 aliphatic rings. The lowest BCUT2D eigenvalue weighted by molar-refractivity contribution is -0.178. The van der Waals surface area contributed by atoms with Crippen LogP contribution in [0.3, 0.4) is 0 Å². The second-order valence-electron chi connectivity index (χ2n) is 7.29. The Bertz CT molecular complexity index is 647. The zero-order chi connectivity index (χ0) is 17.4. The molecule has 0 aromatic heterocycles. The minimum Gasteiger partial charge on any atom is -0.329 e. The van der Waals surface area contributed by atoms with E-state index < -0.39 is 17.8 Å². The summed E-state index contributed by atoms with van der Waals surface area (Å²) in [5.41, 5.74) is 0.570. The van der Waals surface area contributed by atoms with Crippen molar-refractivity contribution in [1.82, 2.24) is 5.06 Å². The van der Waals surface area contributed by atoms with Crippen LogP contribution in [0.5, 0.6) is 0 Å². The molecule has 0 radical (unpaired) electrons. The van der Waals surface area contributed by atoms with Crippen LogP contribution in [0, 0.1) is 23.7 Å². The van der Waals surface area contributed by atoms with Crippen molar-refractivity contribution in [3.05, 3.63) is 35.4 Å². The number of hydrogen-bond acceptors (Lipinski definition) is 4. The molecule has 3 atom stereocenters. The van der Waals surface area contributed by atoms with Crippen molar-refractivity contribution in [1.29, 1.82) is 0 Å². The second kappa shape index (κ2) is 6.38. The highest BCUT2D eigenvalue weighted by molar-refractivity contribution is 6.20. The largest absolute Gasteiger partial charge is 0.336 e. The van der Waals surface area contributed by atoms with Crippen molar-refractivity contribution >= 4 is 17.8 Å². The van der Waals surface area contributed by atoms with Crippen LogP contribution in [0.25, 0.3) is 0 Å². The maximum atomic E-state index is 12.7. The average Bonchev–Trinajstić information content (AvgIpc) is 2.80. The first-order chi connectivity index (χ1) is 11.4. The summed E-state index contributed by atoms with van der Waals surface area (Å²) < 4.78 is 0. The van der Waals surface area contributed by atoms with E-state index in [1.807, 2.05) is 0 Å². The van der Waals surface area contributed by atoms with Crippen molar-refractivity contribution in [2.24, 2.45) is 23.7 Å². The van der Waals surface area contributed by atoms with Crippen LogP contribution >= 0.6 is 0 Å². The minimum absolute atomic E-state index is 0.226. The first-order valence-electron chi connectivity index (χ1n) is 8.59. The van der Waals surface area contributed by atoms with E-state index in [0.717, 1.165) is 19.3 Å². The number of imide groups is 1. The first-order valence-corrected chi connectivity index (χ1v) is 8.59. The molecule has 1 aromatic rings. The number of benzene rings is 1. The van der Waals surface area contributed by atoms with E-state index in [4.69, 9.17) is 4.84 Å². The molecule has 1 aliphatic heterocycles. The molecule has 1 aromatic carbocycles. The molecular formula is C19H23NO4. The number of carbonyl (C=O) groups is 3. The Morgan fingerprint density at radius 1 is 1.12 bits per heavy atom. The topological polar surface area (TPSA) is 63.7 Å². The van der Waals surface area contributed by atoms with Crippen LogP contribution in [0.4, 0.5) is 0 Å². The van der Waals surface area contributed by atoms with Crippen LogP contribution in [0.2, 0.25) is 0 Å². The van der Waals surface area contributed by atoms with Gasteiger partial charge in [-0.15, -0.1) is 0 Å². The number of hydrogen-bond donors (Lipinski definition) is 0. The predicted octanol–water partition coefficient (Wildman–Crippen LogP) is 3.45. The lowest BCUT2D eigenvalue weighted by Gasteiger charge is -2.35. The highest BCUT2D eigenvalue weighted by atomic mass is 16.7. The standard InChI is InChI=1S/C19H23NO4/c1-11(2)13-9-8-12(3)10-16(13)19(23)24-20-17(21)14-6-4-5-7-15(14)18(20)22/h4-7,11-13,16H,8-10H2,1-3H3. The van der Waals surface area contributed by atoms with E-state index in [1.54, 1.807) is 24.3 Å². The van der Waals surface area contributed by atoms with E-state index in [1.165, 1.54) is 0 Å². The Hall–Kier alpha value is -2.17. The summed E-state index contributed by atoms with van der Waals surface area (Å²) in [6, 6.07) is 6.52. The van der Waals surface area contributed by atoms with Crippen molar-refractivity contribution in [2.45, 2.75) is 40.0 Å². The summed E-state index contributed by atoms with van der Waals surface area (Å²) in [4.78, 5) is 42.6. The number of rotatable bonds is 3. The molecule has 128 valence electrons. The van der Waals surface area contributed by atoms with Gasteiger partial charge in [0.1, 0.15) is 0 Å². The van der Waals surface area contributed by atoms with Gasteiger partial charge in [-0.1, -0.05) is 44.4 Å². The maximum Gasteiger partial charge on any atom is 0.336 e. The molecule has 2 amide bonds. The summed E-state index contributed by atoms with van der Waals surface area (Å²) in [5, 5.41) is 0.629. The third-order valence-corrected chi connectivity index (χ3v) is 5.26. The van der Waals surface area contributed by atoms with Gasteiger partial charge in [0.05, 0.1) is 17.0 Å². The smallest absolute Gasteiger partial charge is 0.329 e. The van der Waals surface area contributed by atoms with Gasteiger partial charge in [0.15, 0.2) is 0 Å². The number of hydroxylamine groups is 2. The quantitative estimate of drug-likeness (QED) is 0.797. The fourth-order valence-corrected chi connectivity index (χ4v) is 3.88. The molecular weight excluding hydrogens is 306 g/mol. The summed E-state index contributed by atoms with van der Waals surface area (Å²) in [5.74, 6) is -0.823.